The van der Waals surface area contributed by atoms with E-state index in [1.54, 1.807) is 18.2 Å². The van der Waals surface area contributed by atoms with E-state index in [9.17, 15) is 8.42 Å². The Labute approximate surface area is 173 Å². The number of rotatable bonds is 10. The summed E-state index contributed by atoms with van der Waals surface area (Å²) in [4.78, 5) is 0.418. The zero-order valence-corrected chi connectivity index (χ0v) is 18.5. The average Bonchev–Trinajstić information content (AvgIpc) is 2.70. The molecule has 0 saturated heterocycles. The summed E-state index contributed by atoms with van der Waals surface area (Å²) in [6, 6.07) is 7.09. The highest BCUT2D eigenvalue weighted by atomic mass is 79.9. The summed E-state index contributed by atoms with van der Waals surface area (Å²) < 4.78 is 31.2. The van der Waals surface area contributed by atoms with Crippen molar-refractivity contribution in [2.24, 2.45) is 0 Å². The Hall–Kier alpha value is -0.830. The molecule has 1 aliphatic carbocycles. The molecule has 0 atom stereocenters. The topological polar surface area (TPSA) is 43.4 Å². The van der Waals surface area contributed by atoms with Gasteiger partial charge in [-0.3, -0.25) is 0 Å². The summed E-state index contributed by atoms with van der Waals surface area (Å²) in [5, 5.41) is 0.851. The van der Waals surface area contributed by atoms with Gasteiger partial charge in [0.05, 0.1) is 16.8 Å². The molecular weight excluding hydrogens is 424 g/mol. The average molecular weight is 455 g/mol. The van der Waals surface area contributed by atoms with Gasteiger partial charge in [0.25, 0.3) is 0 Å². The lowest BCUT2D eigenvalue weighted by Gasteiger charge is -2.21. The van der Waals surface area contributed by atoms with Gasteiger partial charge < -0.3 is 4.74 Å². The van der Waals surface area contributed by atoms with E-state index < -0.39 is 9.84 Å². The van der Waals surface area contributed by atoms with E-state index >= 15 is 0 Å². The number of hydrogen-bond acceptors (Lipinski definition) is 3. The van der Waals surface area contributed by atoms with E-state index in [2.05, 4.69) is 27.8 Å². The lowest BCUT2D eigenvalue weighted by molar-refractivity contribution is 0.135. The van der Waals surface area contributed by atoms with Crippen LogP contribution in [0.25, 0.3) is 0 Å². The van der Waals surface area contributed by atoms with Crippen molar-refractivity contribution in [3.05, 3.63) is 29.8 Å². The minimum Gasteiger partial charge on any atom is -0.380 e. The van der Waals surface area contributed by atoms with Crippen LogP contribution in [0.3, 0.4) is 0 Å². The van der Waals surface area contributed by atoms with E-state index in [1.807, 2.05) is 6.07 Å². The number of unbranched alkanes of at least 4 members (excludes halogenated alkanes) is 3. The molecule has 2 rings (SSSR count). The second-order valence-electron chi connectivity index (χ2n) is 7.10. The van der Waals surface area contributed by atoms with Crippen LogP contribution in [0.15, 0.2) is 29.2 Å². The van der Waals surface area contributed by atoms with E-state index in [0.717, 1.165) is 56.0 Å². The van der Waals surface area contributed by atoms with Crippen LogP contribution in [-0.4, -0.2) is 32.2 Å². The smallest absolute Gasteiger partial charge is 0.181 e. The molecule has 27 heavy (non-hydrogen) atoms. The van der Waals surface area contributed by atoms with E-state index in [1.165, 1.54) is 19.3 Å². The normalized spacial score (nSPS) is 15.3. The molecule has 1 aromatic rings. The minimum absolute atomic E-state index is 0.225. The Balaban J connectivity index is 1.78. The van der Waals surface area contributed by atoms with E-state index in [-0.39, 0.29) is 5.25 Å². The molecule has 1 aromatic carbocycles. The lowest BCUT2D eigenvalue weighted by Crippen LogP contribution is -2.24. The number of ether oxygens (including phenoxy) is 1. The second-order valence-corrected chi connectivity index (χ2v) is 10.1. The molecule has 1 fully saturated rings. The van der Waals surface area contributed by atoms with Crippen LogP contribution in [0.5, 0.6) is 0 Å². The van der Waals surface area contributed by atoms with Crippen molar-refractivity contribution in [1.82, 2.24) is 0 Å². The Morgan fingerprint density at radius 2 is 1.81 bits per heavy atom. The second kappa shape index (κ2) is 12.6. The summed E-state index contributed by atoms with van der Waals surface area (Å²) in [6.07, 6.45) is 10.2. The zero-order valence-electron chi connectivity index (χ0n) is 16.1. The summed E-state index contributed by atoms with van der Waals surface area (Å²) >= 11 is 3.44. The van der Waals surface area contributed by atoms with Gasteiger partial charge in [-0.1, -0.05) is 65.9 Å². The van der Waals surface area contributed by atoms with Crippen LogP contribution in [0.4, 0.5) is 0 Å². The van der Waals surface area contributed by atoms with Gasteiger partial charge in [-0.25, -0.2) is 8.42 Å². The summed E-state index contributed by atoms with van der Waals surface area (Å²) in [6.45, 7) is 1.42. The molecule has 0 amide bonds. The molecule has 0 aromatic heterocycles. The first-order valence-corrected chi connectivity index (χ1v) is 12.8. The molecule has 3 nitrogen and oxygen atoms in total. The Morgan fingerprint density at radius 1 is 1.04 bits per heavy atom. The Kier molecular flexibility index (Phi) is 10.5. The van der Waals surface area contributed by atoms with Crippen molar-refractivity contribution in [3.63, 3.8) is 0 Å². The van der Waals surface area contributed by atoms with Gasteiger partial charge >= 0.3 is 0 Å². The Bertz CT molecular complexity index is 713. The van der Waals surface area contributed by atoms with Gasteiger partial charge in [-0.05, 0) is 43.9 Å². The third kappa shape index (κ3) is 7.97. The van der Waals surface area contributed by atoms with Gasteiger partial charge in [0.2, 0.25) is 0 Å². The van der Waals surface area contributed by atoms with Gasteiger partial charge in [0.15, 0.2) is 9.84 Å². The van der Waals surface area contributed by atoms with Crippen LogP contribution in [0.2, 0.25) is 0 Å². The SMILES string of the molecule is O=S(=O)(c1cccc(C#CCCOCCCCCCBr)c1)C1CCCCC1. The molecular formula is C22H31BrO3S. The molecule has 0 unspecified atom stereocenters. The molecule has 0 bridgehead atoms. The van der Waals surface area contributed by atoms with Crippen LogP contribution >= 0.6 is 15.9 Å². The summed E-state index contributed by atoms with van der Waals surface area (Å²) in [7, 11) is -3.23. The number of benzene rings is 1. The van der Waals surface area contributed by atoms with Crippen molar-refractivity contribution in [3.8, 4) is 11.8 Å². The third-order valence-corrected chi connectivity index (χ3v) is 7.75. The fourth-order valence-electron chi connectivity index (χ4n) is 3.36. The molecule has 1 saturated carbocycles. The van der Waals surface area contributed by atoms with Crippen molar-refractivity contribution in [2.45, 2.75) is 74.4 Å². The molecule has 0 radical (unpaired) electrons. The maximum atomic E-state index is 12.8. The number of alkyl halides is 1. The summed E-state index contributed by atoms with van der Waals surface area (Å²) in [5.41, 5.74) is 0.765. The predicted molar refractivity (Wildman–Crippen MR) is 115 cm³/mol. The van der Waals surface area contributed by atoms with Gasteiger partial charge in [-0.15, -0.1) is 0 Å². The van der Waals surface area contributed by atoms with Crippen molar-refractivity contribution in [1.29, 1.82) is 0 Å². The number of sulfone groups is 1. The van der Waals surface area contributed by atoms with Gasteiger partial charge in [0.1, 0.15) is 0 Å². The van der Waals surface area contributed by atoms with Gasteiger partial charge in [0, 0.05) is 23.9 Å². The Morgan fingerprint density at radius 3 is 2.59 bits per heavy atom. The summed E-state index contributed by atoms with van der Waals surface area (Å²) in [5.74, 6) is 6.17. The van der Waals surface area contributed by atoms with Crippen molar-refractivity contribution >= 4 is 25.8 Å². The molecule has 0 spiro atoms. The third-order valence-electron chi connectivity index (χ3n) is 4.93. The largest absolute Gasteiger partial charge is 0.380 e. The number of hydrogen-bond donors (Lipinski definition) is 0. The maximum absolute atomic E-state index is 12.8. The van der Waals surface area contributed by atoms with Gasteiger partial charge in [-0.2, -0.15) is 0 Å². The molecule has 0 heterocycles. The zero-order chi connectivity index (χ0) is 19.4. The maximum Gasteiger partial charge on any atom is 0.181 e. The van der Waals surface area contributed by atoms with E-state index in [4.69, 9.17) is 4.74 Å². The highest BCUT2D eigenvalue weighted by Gasteiger charge is 2.28. The predicted octanol–water partition coefficient (Wildman–Crippen LogP) is 5.51. The van der Waals surface area contributed by atoms with Crippen LogP contribution in [0.1, 0.15) is 69.8 Å². The van der Waals surface area contributed by atoms with Crippen LogP contribution < -0.4 is 0 Å². The highest BCUT2D eigenvalue weighted by molar-refractivity contribution is 9.09. The fraction of sp³-hybridized carbons (Fsp3) is 0.636. The minimum atomic E-state index is -3.23. The number of halogens is 1. The van der Waals surface area contributed by atoms with E-state index in [0.29, 0.717) is 17.9 Å². The van der Waals surface area contributed by atoms with Crippen LogP contribution in [0, 0.1) is 11.8 Å². The van der Waals surface area contributed by atoms with Crippen molar-refractivity contribution < 1.29 is 13.2 Å². The fourth-order valence-corrected chi connectivity index (χ4v) is 5.66. The molecule has 5 heteroatoms. The quantitative estimate of drug-likeness (QED) is 0.266. The first kappa shape index (κ1) is 22.5. The molecule has 0 aliphatic heterocycles. The molecule has 150 valence electrons. The first-order valence-electron chi connectivity index (χ1n) is 10.1. The standard InChI is InChI=1S/C22H31BrO3S/c23-16-7-1-2-8-17-26-18-9-6-11-20-12-10-15-22(19-20)27(24,25)21-13-4-3-5-14-21/h10,12,15,19,21H,1-5,7-9,13-14,16-18H2. The van der Waals surface area contributed by atoms with Crippen molar-refractivity contribution in [2.75, 3.05) is 18.5 Å². The molecule has 0 N–H and O–H groups in total. The highest BCUT2D eigenvalue weighted by Crippen LogP contribution is 2.28. The molecule has 1 aliphatic rings. The van der Waals surface area contributed by atoms with Crippen LogP contribution in [-0.2, 0) is 14.6 Å². The first-order chi connectivity index (χ1) is 13.1. The monoisotopic (exact) mass is 454 g/mol. The lowest BCUT2D eigenvalue weighted by atomic mass is 10.0.